The molecule has 0 saturated heterocycles. The molecule has 1 N–H and O–H groups in total. The van der Waals surface area contributed by atoms with E-state index in [4.69, 9.17) is 5.11 Å². The van der Waals surface area contributed by atoms with E-state index in [0.29, 0.717) is 12.2 Å². The van der Waals surface area contributed by atoms with Crippen molar-refractivity contribution in [2.45, 2.75) is 13.5 Å². The molecule has 0 radical (unpaired) electrons. The molecule has 2 aromatic rings. The molecule has 0 aliphatic rings. The molecule has 0 aromatic carbocycles. The second-order valence-electron chi connectivity index (χ2n) is 3.74. The average Bonchev–Trinajstić information content (AvgIpc) is 2.75. The van der Waals surface area contributed by atoms with Gasteiger partial charge in [0.15, 0.2) is 0 Å². The quantitative estimate of drug-likeness (QED) is 0.845. The van der Waals surface area contributed by atoms with Crippen molar-refractivity contribution in [3.05, 3.63) is 41.5 Å². The van der Waals surface area contributed by atoms with Crippen LogP contribution in [0.5, 0.6) is 0 Å². The van der Waals surface area contributed by atoms with Crippen molar-refractivity contribution in [1.29, 1.82) is 0 Å². The number of carboxylic acid groups (broad SMARTS) is 1. The lowest BCUT2D eigenvalue weighted by molar-refractivity contribution is 0.0685. The monoisotopic (exact) mass is 219 g/mol. The average molecular weight is 219 g/mol. The fourth-order valence-corrected chi connectivity index (χ4v) is 1.73. The molecule has 16 heavy (non-hydrogen) atoms. The first-order valence-corrected chi connectivity index (χ1v) is 4.95. The van der Waals surface area contributed by atoms with Gasteiger partial charge < -0.3 is 9.67 Å². The van der Waals surface area contributed by atoms with Crippen LogP contribution in [-0.4, -0.2) is 25.4 Å². The molecule has 0 unspecified atom stereocenters. The molecule has 2 rings (SSSR count). The van der Waals surface area contributed by atoms with Crippen LogP contribution in [0.2, 0.25) is 0 Å². The number of carboxylic acids is 1. The van der Waals surface area contributed by atoms with Gasteiger partial charge in [-0.2, -0.15) is 5.10 Å². The first-order chi connectivity index (χ1) is 7.58. The Bertz CT molecular complexity index is 525. The maximum Gasteiger partial charge on any atom is 0.352 e. The predicted octanol–water partition coefficient (Wildman–Crippen LogP) is 1.28. The molecule has 2 heterocycles. The molecule has 2 aromatic heterocycles. The van der Waals surface area contributed by atoms with Gasteiger partial charge in [0.1, 0.15) is 5.69 Å². The highest BCUT2D eigenvalue weighted by Crippen LogP contribution is 2.10. The van der Waals surface area contributed by atoms with Crippen molar-refractivity contribution in [3.8, 4) is 0 Å². The summed E-state index contributed by atoms with van der Waals surface area (Å²) in [4.78, 5) is 10.9. The maximum atomic E-state index is 10.9. The minimum atomic E-state index is -0.911. The zero-order valence-corrected chi connectivity index (χ0v) is 9.21. The SMILES string of the molecule is Cc1nn(C)cc1Cn1cccc1C(=O)O. The maximum absolute atomic E-state index is 10.9. The van der Waals surface area contributed by atoms with Gasteiger partial charge in [-0.3, -0.25) is 4.68 Å². The zero-order chi connectivity index (χ0) is 11.7. The molecule has 0 saturated carbocycles. The van der Waals surface area contributed by atoms with Crippen LogP contribution in [0.25, 0.3) is 0 Å². The summed E-state index contributed by atoms with van der Waals surface area (Å²) in [6.45, 7) is 2.45. The van der Waals surface area contributed by atoms with Gasteiger partial charge in [0.05, 0.1) is 12.2 Å². The van der Waals surface area contributed by atoms with Crippen LogP contribution in [0, 0.1) is 6.92 Å². The van der Waals surface area contributed by atoms with Crippen LogP contribution in [-0.2, 0) is 13.6 Å². The van der Waals surface area contributed by atoms with Crippen LogP contribution in [0.1, 0.15) is 21.7 Å². The fourth-order valence-electron chi connectivity index (χ4n) is 1.73. The Balaban J connectivity index is 2.30. The number of hydrogen-bond acceptors (Lipinski definition) is 2. The summed E-state index contributed by atoms with van der Waals surface area (Å²) in [5.74, 6) is -0.911. The van der Waals surface area contributed by atoms with Crippen molar-refractivity contribution in [2.24, 2.45) is 7.05 Å². The zero-order valence-electron chi connectivity index (χ0n) is 9.21. The number of hydrogen-bond donors (Lipinski definition) is 1. The number of aromatic carboxylic acids is 1. The third-order valence-electron chi connectivity index (χ3n) is 2.50. The van der Waals surface area contributed by atoms with E-state index in [1.807, 2.05) is 20.2 Å². The van der Waals surface area contributed by atoms with Gasteiger partial charge in [-0.05, 0) is 19.1 Å². The first kappa shape index (κ1) is 10.5. The van der Waals surface area contributed by atoms with E-state index in [9.17, 15) is 4.79 Å². The standard InChI is InChI=1S/C11H13N3O2/c1-8-9(6-13(2)12-8)7-14-5-3-4-10(14)11(15)16/h3-6H,7H2,1-2H3,(H,15,16). The molecule has 84 valence electrons. The summed E-state index contributed by atoms with van der Waals surface area (Å²) < 4.78 is 3.43. The summed E-state index contributed by atoms with van der Waals surface area (Å²) >= 11 is 0. The molecule has 5 nitrogen and oxygen atoms in total. The first-order valence-electron chi connectivity index (χ1n) is 4.95. The summed E-state index contributed by atoms with van der Waals surface area (Å²) in [5, 5.41) is 13.2. The smallest absolute Gasteiger partial charge is 0.352 e. The van der Waals surface area contributed by atoms with E-state index < -0.39 is 5.97 Å². The van der Waals surface area contributed by atoms with Gasteiger partial charge in [0, 0.05) is 25.0 Å². The third kappa shape index (κ3) is 1.84. The summed E-state index contributed by atoms with van der Waals surface area (Å²) in [5.41, 5.74) is 2.25. The molecule has 5 heteroatoms. The number of aromatic nitrogens is 3. The molecule has 0 fully saturated rings. The lowest BCUT2D eigenvalue weighted by Gasteiger charge is -2.04. The molecule has 0 spiro atoms. The van der Waals surface area contributed by atoms with E-state index in [1.165, 1.54) is 0 Å². The van der Waals surface area contributed by atoms with Gasteiger partial charge in [0.25, 0.3) is 0 Å². The van der Waals surface area contributed by atoms with E-state index in [0.717, 1.165) is 11.3 Å². The van der Waals surface area contributed by atoms with Gasteiger partial charge in [-0.1, -0.05) is 0 Å². The minimum absolute atomic E-state index is 0.295. The number of carbonyl (C=O) groups is 1. The molecular weight excluding hydrogens is 206 g/mol. The second-order valence-corrected chi connectivity index (χ2v) is 3.74. The van der Waals surface area contributed by atoms with E-state index in [1.54, 1.807) is 27.6 Å². The van der Waals surface area contributed by atoms with Gasteiger partial charge >= 0.3 is 5.97 Å². The number of rotatable bonds is 3. The Hall–Kier alpha value is -2.04. The Kier molecular flexibility index (Phi) is 2.52. The number of aryl methyl sites for hydroxylation is 2. The highest BCUT2D eigenvalue weighted by molar-refractivity contribution is 5.85. The Labute approximate surface area is 92.9 Å². The lowest BCUT2D eigenvalue weighted by atomic mass is 10.2. The normalized spacial score (nSPS) is 10.6. The van der Waals surface area contributed by atoms with Crippen molar-refractivity contribution >= 4 is 5.97 Å². The number of nitrogens with zero attached hydrogens (tertiary/aromatic N) is 3. The molecule has 0 atom stereocenters. The third-order valence-corrected chi connectivity index (χ3v) is 2.50. The van der Waals surface area contributed by atoms with Crippen LogP contribution < -0.4 is 0 Å². The Morgan fingerprint density at radius 2 is 2.31 bits per heavy atom. The summed E-state index contributed by atoms with van der Waals surface area (Å²) in [6, 6.07) is 3.32. The second kappa shape index (κ2) is 3.84. The summed E-state index contributed by atoms with van der Waals surface area (Å²) in [7, 11) is 1.85. The van der Waals surface area contributed by atoms with Gasteiger partial charge in [0.2, 0.25) is 0 Å². The van der Waals surface area contributed by atoms with E-state index in [-0.39, 0.29) is 0 Å². The van der Waals surface area contributed by atoms with E-state index in [2.05, 4.69) is 5.10 Å². The molecule has 0 aliphatic heterocycles. The van der Waals surface area contributed by atoms with Crippen LogP contribution in [0.15, 0.2) is 24.5 Å². The minimum Gasteiger partial charge on any atom is -0.477 e. The van der Waals surface area contributed by atoms with Crippen LogP contribution in [0.4, 0.5) is 0 Å². The molecular formula is C11H13N3O2. The molecule has 0 amide bonds. The topological polar surface area (TPSA) is 60.0 Å². The Morgan fingerprint density at radius 3 is 2.88 bits per heavy atom. The van der Waals surface area contributed by atoms with Gasteiger partial charge in [-0.15, -0.1) is 0 Å². The highest BCUT2D eigenvalue weighted by Gasteiger charge is 2.10. The largest absolute Gasteiger partial charge is 0.477 e. The lowest BCUT2D eigenvalue weighted by Crippen LogP contribution is -2.08. The highest BCUT2D eigenvalue weighted by atomic mass is 16.4. The summed E-state index contributed by atoms with van der Waals surface area (Å²) in [6.07, 6.45) is 3.66. The predicted molar refractivity (Wildman–Crippen MR) is 58.4 cm³/mol. The van der Waals surface area contributed by atoms with Crippen LogP contribution >= 0.6 is 0 Å². The van der Waals surface area contributed by atoms with E-state index >= 15 is 0 Å². The Morgan fingerprint density at radius 1 is 1.56 bits per heavy atom. The fraction of sp³-hybridized carbons (Fsp3) is 0.273. The van der Waals surface area contributed by atoms with Crippen molar-refractivity contribution < 1.29 is 9.90 Å². The van der Waals surface area contributed by atoms with Crippen molar-refractivity contribution in [2.75, 3.05) is 0 Å². The van der Waals surface area contributed by atoms with Crippen molar-refractivity contribution in [1.82, 2.24) is 14.3 Å². The van der Waals surface area contributed by atoms with Crippen LogP contribution in [0.3, 0.4) is 0 Å². The molecule has 0 bridgehead atoms. The van der Waals surface area contributed by atoms with Crippen molar-refractivity contribution in [3.63, 3.8) is 0 Å². The van der Waals surface area contributed by atoms with Gasteiger partial charge in [-0.25, -0.2) is 4.79 Å². The molecule has 0 aliphatic carbocycles.